The lowest BCUT2D eigenvalue weighted by molar-refractivity contribution is -0.145. The van der Waals surface area contributed by atoms with E-state index in [0.29, 0.717) is 28.6 Å². The monoisotopic (exact) mass is 368 g/mol. The number of hydrogen-bond acceptors (Lipinski definition) is 7. The van der Waals surface area contributed by atoms with Crippen molar-refractivity contribution < 1.29 is 33.3 Å². The first-order valence-corrected chi connectivity index (χ1v) is 8.40. The molecule has 2 aliphatic heterocycles. The predicted octanol–water partition coefficient (Wildman–Crippen LogP) is 2.97. The molecule has 2 heterocycles. The Hall–Kier alpha value is -3.48. The van der Waals surface area contributed by atoms with Crippen molar-refractivity contribution in [2.45, 2.75) is 6.92 Å². The SMILES string of the molecule is CCOC(=O)COc1ccc2c(c1)O/C(=C\c1ccc3c(c1)OCO3)C2=O. The Balaban J connectivity index is 1.51. The summed E-state index contributed by atoms with van der Waals surface area (Å²) < 4.78 is 26.5. The van der Waals surface area contributed by atoms with E-state index >= 15 is 0 Å². The first-order valence-electron chi connectivity index (χ1n) is 8.40. The van der Waals surface area contributed by atoms with Gasteiger partial charge in [-0.15, -0.1) is 0 Å². The third-order valence-corrected chi connectivity index (χ3v) is 4.00. The molecule has 2 aliphatic rings. The van der Waals surface area contributed by atoms with Crippen molar-refractivity contribution in [3.63, 3.8) is 0 Å². The molecule has 138 valence electrons. The highest BCUT2D eigenvalue weighted by Gasteiger charge is 2.28. The van der Waals surface area contributed by atoms with Crippen molar-refractivity contribution in [3.8, 4) is 23.0 Å². The van der Waals surface area contributed by atoms with Crippen LogP contribution in [0.3, 0.4) is 0 Å². The fourth-order valence-corrected chi connectivity index (χ4v) is 2.76. The van der Waals surface area contributed by atoms with Gasteiger partial charge in [-0.25, -0.2) is 4.79 Å². The van der Waals surface area contributed by atoms with Crippen LogP contribution in [0.15, 0.2) is 42.2 Å². The Morgan fingerprint density at radius 3 is 2.81 bits per heavy atom. The average molecular weight is 368 g/mol. The molecule has 0 saturated carbocycles. The summed E-state index contributed by atoms with van der Waals surface area (Å²) in [6, 6.07) is 10.2. The summed E-state index contributed by atoms with van der Waals surface area (Å²) in [5, 5.41) is 0. The number of carbonyl (C=O) groups is 2. The number of Topliss-reactive ketones (excluding diaryl/α,β-unsaturated/α-hetero) is 1. The molecular formula is C20H16O7. The van der Waals surface area contributed by atoms with Gasteiger partial charge in [0.25, 0.3) is 0 Å². The molecular weight excluding hydrogens is 352 g/mol. The lowest BCUT2D eigenvalue weighted by Crippen LogP contribution is -2.14. The molecule has 4 rings (SSSR count). The quantitative estimate of drug-likeness (QED) is 0.593. The molecule has 2 aromatic rings. The maximum absolute atomic E-state index is 12.5. The van der Waals surface area contributed by atoms with E-state index in [1.54, 1.807) is 43.3 Å². The van der Waals surface area contributed by atoms with Crippen LogP contribution < -0.4 is 18.9 Å². The lowest BCUT2D eigenvalue weighted by Gasteiger charge is -2.06. The summed E-state index contributed by atoms with van der Waals surface area (Å²) in [5.74, 6) is 1.61. The second-order valence-electron chi connectivity index (χ2n) is 5.80. The number of allylic oxidation sites excluding steroid dienone is 1. The smallest absolute Gasteiger partial charge is 0.344 e. The molecule has 0 spiro atoms. The van der Waals surface area contributed by atoms with Gasteiger partial charge in [0.2, 0.25) is 12.6 Å². The van der Waals surface area contributed by atoms with Crippen LogP contribution >= 0.6 is 0 Å². The Morgan fingerprint density at radius 2 is 1.96 bits per heavy atom. The van der Waals surface area contributed by atoms with Crippen molar-refractivity contribution in [1.29, 1.82) is 0 Å². The van der Waals surface area contributed by atoms with E-state index in [4.69, 9.17) is 23.7 Å². The van der Waals surface area contributed by atoms with Gasteiger partial charge >= 0.3 is 5.97 Å². The lowest BCUT2D eigenvalue weighted by atomic mass is 10.1. The van der Waals surface area contributed by atoms with Crippen LogP contribution in [-0.2, 0) is 9.53 Å². The number of benzene rings is 2. The Labute approximate surface area is 155 Å². The standard InChI is InChI=1S/C20H16O7/c1-2-23-19(21)10-24-13-4-5-14-16(9-13)27-18(20(14)22)8-12-3-6-15-17(7-12)26-11-25-15/h3-9H,2,10-11H2,1H3/b18-8-. The van der Waals surface area contributed by atoms with Gasteiger partial charge in [-0.3, -0.25) is 4.79 Å². The Kier molecular flexibility index (Phi) is 4.42. The van der Waals surface area contributed by atoms with Gasteiger partial charge in [-0.05, 0) is 42.8 Å². The van der Waals surface area contributed by atoms with Crippen LogP contribution in [0.4, 0.5) is 0 Å². The van der Waals surface area contributed by atoms with Gasteiger partial charge in [0.1, 0.15) is 11.5 Å². The fourth-order valence-electron chi connectivity index (χ4n) is 2.76. The number of esters is 1. The first-order chi connectivity index (χ1) is 13.1. The summed E-state index contributed by atoms with van der Waals surface area (Å²) in [6.07, 6.45) is 1.64. The molecule has 0 unspecified atom stereocenters. The summed E-state index contributed by atoms with van der Waals surface area (Å²) >= 11 is 0. The maximum Gasteiger partial charge on any atom is 0.344 e. The van der Waals surface area contributed by atoms with Gasteiger partial charge in [0.15, 0.2) is 23.9 Å². The highest BCUT2D eigenvalue weighted by molar-refractivity contribution is 6.14. The van der Waals surface area contributed by atoms with E-state index in [0.717, 1.165) is 5.56 Å². The molecule has 0 saturated heterocycles. The highest BCUT2D eigenvalue weighted by atomic mass is 16.7. The number of hydrogen-bond donors (Lipinski definition) is 0. The largest absolute Gasteiger partial charge is 0.482 e. The molecule has 7 nitrogen and oxygen atoms in total. The first kappa shape index (κ1) is 17.0. The number of rotatable bonds is 5. The van der Waals surface area contributed by atoms with Crippen LogP contribution in [0.25, 0.3) is 6.08 Å². The van der Waals surface area contributed by atoms with Gasteiger partial charge < -0.3 is 23.7 Å². The van der Waals surface area contributed by atoms with Gasteiger partial charge in [0.05, 0.1) is 12.2 Å². The second kappa shape index (κ2) is 7.03. The van der Waals surface area contributed by atoms with E-state index in [1.807, 2.05) is 6.07 Å². The van der Waals surface area contributed by atoms with Gasteiger partial charge in [-0.2, -0.15) is 0 Å². The number of ketones is 1. The zero-order chi connectivity index (χ0) is 18.8. The molecule has 0 N–H and O–H groups in total. The van der Waals surface area contributed by atoms with E-state index in [9.17, 15) is 9.59 Å². The molecule has 2 aromatic carbocycles. The minimum Gasteiger partial charge on any atom is -0.482 e. The molecule has 27 heavy (non-hydrogen) atoms. The summed E-state index contributed by atoms with van der Waals surface area (Å²) in [4.78, 5) is 23.9. The van der Waals surface area contributed by atoms with Crippen LogP contribution in [0.1, 0.15) is 22.8 Å². The van der Waals surface area contributed by atoms with E-state index in [-0.39, 0.29) is 31.5 Å². The second-order valence-corrected chi connectivity index (χ2v) is 5.80. The fraction of sp³-hybridized carbons (Fsp3) is 0.200. The van der Waals surface area contributed by atoms with Crippen molar-refractivity contribution in [2.75, 3.05) is 20.0 Å². The van der Waals surface area contributed by atoms with Crippen molar-refractivity contribution in [1.82, 2.24) is 0 Å². The minimum absolute atomic E-state index is 0.185. The zero-order valence-corrected chi connectivity index (χ0v) is 14.5. The van der Waals surface area contributed by atoms with Crippen LogP contribution in [0.2, 0.25) is 0 Å². The topological polar surface area (TPSA) is 80.3 Å². The molecule has 0 aliphatic carbocycles. The van der Waals surface area contributed by atoms with E-state index in [1.165, 1.54) is 0 Å². The van der Waals surface area contributed by atoms with Gasteiger partial charge in [-0.1, -0.05) is 6.07 Å². The van der Waals surface area contributed by atoms with Gasteiger partial charge in [0, 0.05) is 6.07 Å². The van der Waals surface area contributed by atoms with Crippen LogP contribution in [0.5, 0.6) is 23.0 Å². The molecule has 0 fully saturated rings. The van der Waals surface area contributed by atoms with Crippen LogP contribution in [0, 0.1) is 0 Å². The van der Waals surface area contributed by atoms with E-state index in [2.05, 4.69) is 0 Å². The highest BCUT2D eigenvalue weighted by Crippen LogP contribution is 2.37. The van der Waals surface area contributed by atoms with E-state index < -0.39 is 5.97 Å². The number of fused-ring (bicyclic) bond motifs is 2. The minimum atomic E-state index is -0.460. The molecule has 0 radical (unpaired) electrons. The third-order valence-electron chi connectivity index (χ3n) is 4.00. The number of ether oxygens (including phenoxy) is 5. The summed E-state index contributed by atoms with van der Waals surface area (Å²) in [5.41, 5.74) is 1.19. The normalized spacial score (nSPS) is 15.4. The molecule has 0 atom stereocenters. The summed E-state index contributed by atoms with van der Waals surface area (Å²) in [6.45, 7) is 1.99. The third kappa shape index (κ3) is 3.44. The van der Waals surface area contributed by atoms with Crippen LogP contribution in [-0.4, -0.2) is 31.8 Å². The molecule has 0 amide bonds. The average Bonchev–Trinajstić information content (AvgIpc) is 3.25. The Bertz CT molecular complexity index is 945. The summed E-state index contributed by atoms with van der Waals surface area (Å²) in [7, 11) is 0. The maximum atomic E-state index is 12.5. The Morgan fingerprint density at radius 1 is 1.11 bits per heavy atom. The zero-order valence-electron chi connectivity index (χ0n) is 14.5. The molecule has 0 bridgehead atoms. The van der Waals surface area contributed by atoms with Crippen molar-refractivity contribution in [2.24, 2.45) is 0 Å². The van der Waals surface area contributed by atoms with Crippen molar-refractivity contribution >= 4 is 17.8 Å². The molecule has 0 aromatic heterocycles. The predicted molar refractivity (Wildman–Crippen MR) is 94.1 cm³/mol. The molecule has 7 heteroatoms. The number of carbonyl (C=O) groups excluding carboxylic acids is 2. The van der Waals surface area contributed by atoms with Crippen molar-refractivity contribution in [3.05, 3.63) is 53.3 Å².